The van der Waals surface area contributed by atoms with Crippen molar-refractivity contribution in [3.05, 3.63) is 188 Å². The zero-order valence-electron chi connectivity index (χ0n) is 38.5. The van der Waals surface area contributed by atoms with E-state index in [9.17, 15) is 5.11 Å². The van der Waals surface area contributed by atoms with Crippen molar-refractivity contribution in [3.63, 3.8) is 0 Å². The van der Waals surface area contributed by atoms with Gasteiger partial charge in [0.25, 0.3) is 0 Å². The molecule has 10 rings (SSSR count). The molecule has 0 amide bonds. The summed E-state index contributed by atoms with van der Waals surface area (Å²) in [7, 11) is 0. The predicted molar refractivity (Wildman–Crippen MR) is 288 cm³/mol. The molecule has 0 atom stereocenters. The van der Waals surface area contributed by atoms with Gasteiger partial charge in [0, 0.05) is 79.9 Å². The fraction of sp³-hybridized carbons (Fsp3) is 0.185. The van der Waals surface area contributed by atoms with Gasteiger partial charge < -0.3 is 48.2 Å². The van der Waals surface area contributed by atoms with Crippen molar-refractivity contribution in [1.29, 1.82) is 0 Å². The third-order valence-electron chi connectivity index (χ3n) is 8.46. The molecule has 0 saturated heterocycles. The maximum absolute atomic E-state index is 9.32. The fourth-order valence-electron chi connectivity index (χ4n) is 5.38. The number of halogens is 2. The van der Waals surface area contributed by atoms with Gasteiger partial charge in [-0.2, -0.15) is 0 Å². The van der Waals surface area contributed by atoms with Crippen LogP contribution in [0.25, 0.3) is 45.1 Å². The summed E-state index contributed by atoms with van der Waals surface area (Å²) in [6.07, 6.45) is 13.6. The smallest absolute Gasteiger partial charge is 0.228 e. The van der Waals surface area contributed by atoms with E-state index in [0.29, 0.717) is 84.2 Å². The number of hydrogen-bond donors (Lipinski definition) is 4. The van der Waals surface area contributed by atoms with E-state index in [-0.39, 0.29) is 40.4 Å². The zero-order chi connectivity index (χ0) is 50.9. The molecule has 8 heterocycles. The molecule has 0 unspecified atom stereocenters. The Kier molecular flexibility index (Phi) is 29.3. The summed E-state index contributed by atoms with van der Waals surface area (Å²) in [4.78, 5) is 32.7. The molecule has 0 fully saturated rings. The van der Waals surface area contributed by atoms with Gasteiger partial charge in [0.1, 0.15) is 53.6 Å². The van der Waals surface area contributed by atoms with Crippen LogP contribution in [0.2, 0.25) is 0 Å². The molecule has 10 aromatic rings. The summed E-state index contributed by atoms with van der Waals surface area (Å²) in [5.74, 6) is 4.20. The highest BCUT2D eigenvalue weighted by molar-refractivity contribution is 9.10. The van der Waals surface area contributed by atoms with Crippen molar-refractivity contribution in [2.75, 3.05) is 52.1 Å². The van der Waals surface area contributed by atoms with Gasteiger partial charge in [-0.05, 0) is 94.8 Å². The van der Waals surface area contributed by atoms with Gasteiger partial charge in [-0.25, -0.2) is 29.9 Å². The lowest BCUT2D eigenvalue weighted by Gasteiger charge is -2.07. The van der Waals surface area contributed by atoms with Gasteiger partial charge in [0.05, 0.1) is 36.8 Å². The van der Waals surface area contributed by atoms with E-state index in [4.69, 9.17) is 54.7 Å². The van der Waals surface area contributed by atoms with E-state index in [1.54, 1.807) is 86.0 Å². The lowest BCUT2D eigenvalue weighted by molar-refractivity contribution is 0.186. The lowest BCUT2D eigenvalue weighted by Crippen LogP contribution is -2.09. The minimum absolute atomic E-state index is 0. The molecular weight excluding hydrogens is 1040 g/mol. The van der Waals surface area contributed by atoms with E-state index < -0.39 is 0 Å². The number of alkyl halides is 1. The Morgan fingerprint density at radius 1 is 0.473 bits per heavy atom. The topological polar surface area (TPSA) is 247 Å². The number of oxazole rings is 2. The summed E-state index contributed by atoms with van der Waals surface area (Å²) in [6.45, 7) is 1.41. The standard InChI is InChI=1S/C19H15N3O3.C12H8N2O2.C7H8ClNO.C7H9NO2.C5H4BrN.C2H6O2.2CH4/c1-2-9-21-18(5-1)24-11-10-23-15-6-7-17-16(12-15)22-19(25-17)14-4-3-8-20-13-14;15-9-3-4-11-10(6-9)14-12(16-11)8-2-1-5-13-7-8;8-4-6-10-7-3-1-2-5-9-7;9-5-6-10-7-3-1-2-4-8-7;6-5-3-1-2-4-7-5;3-1-2-4;;/h1-9,12-13H,10-11H2;1-7,15H;1-3,5H,4,6H2;1-4,9H,5-6H2;1-4H;3-4H,1-2H2;2*1H4. The van der Waals surface area contributed by atoms with E-state index in [2.05, 4.69) is 55.8 Å². The number of nitrogens with zero attached hydrogens (tertiary/aromatic N) is 8. The highest BCUT2D eigenvalue weighted by atomic mass is 79.9. The highest BCUT2D eigenvalue weighted by Gasteiger charge is 2.10. The summed E-state index contributed by atoms with van der Waals surface area (Å²) in [5, 5.41) is 32.9. The van der Waals surface area contributed by atoms with Crippen molar-refractivity contribution in [1.82, 2.24) is 39.9 Å². The quantitative estimate of drug-likeness (QED) is 0.0449. The first kappa shape index (κ1) is 60.2. The zero-order valence-corrected chi connectivity index (χ0v) is 40.9. The molecule has 0 aliphatic rings. The third-order valence-corrected chi connectivity index (χ3v) is 9.08. The number of hydrogen-bond acceptors (Lipinski definition) is 18. The van der Waals surface area contributed by atoms with Crippen LogP contribution in [0, 0.1) is 0 Å². The second kappa shape index (κ2) is 35.9. The minimum atomic E-state index is -0.125. The van der Waals surface area contributed by atoms with Gasteiger partial charge in [0.15, 0.2) is 11.2 Å². The molecule has 20 heteroatoms. The number of ether oxygens (including phenoxy) is 4. The summed E-state index contributed by atoms with van der Waals surface area (Å²) < 4.78 is 33.5. The van der Waals surface area contributed by atoms with E-state index >= 15 is 0 Å². The van der Waals surface area contributed by atoms with Gasteiger partial charge >= 0.3 is 0 Å². The number of aliphatic hydroxyl groups is 3. The van der Waals surface area contributed by atoms with Crippen molar-refractivity contribution in [3.8, 4) is 52.0 Å². The number of aliphatic hydroxyl groups excluding tert-OH is 3. The van der Waals surface area contributed by atoms with Crippen molar-refractivity contribution < 1.29 is 48.2 Å². The molecule has 0 radical (unpaired) electrons. The Bertz CT molecular complexity index is 2910. The number of fused-ring (bicyclic) bond motifs is 2. The number of aromatic nitrogens is 8. The number of aromatic hydroxyl groups is 1. The van der Waals surface area contributed by atoms with Crippen LogP contribution in [0.1, 0.15) is 14.9 Å². The van der Waals surface area contributed by atoms with Gasteiger partial charge in [-0.3, -0.25) is 9.97 Å². The van der Waals surface area contributed by atoms with Crippen molar-refractivity contribution >= 4 is 49.7 Å². The Balaban J connectivity index is 0.000000255. The Morgan fingerprint density at radius 3 is 1.36 bits per heavy atom. The molecule has 8 aromatic heterocycles. The molecule has 0 spiro atoms. The van der Waals surface area contributed by atoms with Crippen LogP contribution >= 0.6 is 27.5 Å². The fourth-order valence-corrected chi connectivity index (χ4v) is 5.72. The maximum atomic E-state index is 9.32. The van der Waals surface area contributed by atoms with E-state index in [0.717, 1.165) is 21.2 Å². The van der Waals surface area contributed by atoms with Crippen molar-refractivity contribution in [2.24, 2.45) is 0 Å². The lowest BCUT2D eigenvalue weighted by atomic mass is 10.3. The van der Waals surface area contributed by atoms with E-state index in [1.807, 2.05) is 97.1 Å². The summed E-state index contributed by atoms with van der Waals surface area (Å²) in [6, 6.07) is 39.9. The molecular formula is C54H58BrClN8O10. The Labute approximate surface area is 442 Å². The highest BCUT2D eigenvalue weighted by Crippen LogP contribution is 2.27. The number of phenols is 1. The average molecular weight is 1090 g/mol. The average Bonchev–Trinajstić information content (AvgIpc) is 4.08. The van der Waals surface area contributed by atoms with Crippen LogP contribution in [-0.4, -0.2) is 112 Å². The first-order chi connectivity index (χ1) is 35.4. The van der Waals surface area contributed by atoms with Gasteiger partial charge in [-0.15, -0.1) is 11.6 Å². The van der Waals surface area contributed by atoms with Gasteiger partial charge in [0.2, 0.25) is 29.4 Å². The Hall–Kier alpha value is -8.07. The summed E-state index contributed by atoms with van der Waals surface area (Å²) >= 11 is 8.60. The van der Waals surface area contributed by atoms with Crippen LogP contribution in [0.5, 0.6) is 29.1 Å². The first-order valence-electron chi connectivity index (χ1n) is 21.9. The molecule has 74 heavy (non-hydrogen) atoms. The number of benzene rings is 2. The van der Waals surface area contributed by atoms with Crippen LogP contribution < -0.4 is 18.9 Å². The molecule has 0 saturated carbocycles. The SMILES string of the molecule is Brc1ccccn1.C.C.ClCCOc1ccccn1.OCCO.OCCOc1ccccn1.Oc1ccc2oc(-c3cccnc3)nc2c1.c1ccc(OCCOc2ccc3oc(-c4cccnc4)nc3c2)nc1. The maximum Gasteiger partial charge on any atom is 0.228 e. The summed E-state index contributed by atoms with van der Waals surface area (Å²) in [5.41, 5.74) is 4.39. The van der Waals surface area contributed by atoms with Crippen LogP contribution in [-0.2, 0) is 0 Å². The van der Waals surface area contributed by atoms with Crippen LogP contribution in [0.3, 0.4) is 0 Å². The minimum Gasteiger partial charge on any atom is -0.508 e. The molecule has 0 aliphatic carbocycles. The predicted octanol–water partition coefficient (Wildman–Crippen LogP) is 10.6. The molecule has 388 valence electrons. The van der Waals surface area contributed by atoms with Gasteiger partial charge in [-0.1, -0.05) is 39.1 Å². The van der Waals surface area contributed by atoms with Crippen LogP contribution in [0.4, 0.5) is 0 Å². The molecule has 0 bridgehead atoms. The largest absolute Gasteiger partial charge is 0.508 e. The number of phenolic OH excluding ortho intramolecular Hbond substituents is 1. The molecule has 4 N–H and O–H groups in total. The Morgan fingerprint density at radius 2 is 0.946 bits per heavy atom. The van der Waals surface area contributed by atoms with Crippen molar-refractivity contribution in [2.45, 2.75) is 14.9 Å². The monoisotopic (exact) mass is 1090 g/mol. The molecule has 18 nitrogen and oxygen atoms in total. The number of rotatable bonds is 14. The second-order valence-corrected chi connectivity index (χ2v) is 14.9. The normalized spacial score (nSPS) is 9.69. The molecule has 0 aliphatic heterocycles. The first-order valence-corrected chi connectivity index (χ1v) is 23.2. The molecule has 2 aromatic carbocycles. The van der Waals surface area contributed by atoms with Crippen LogP contribution in [0.15, 0.2) is 196 Å². The second-order valence-electron chi connectivity index (χ2n) is 13.7. The van der Waals surface area contributed by atoms with E-state index in [1.165, 1.54) is 0 Å². The third kappa shape index (κ3) is 22.6. The number of pyridine rings is 6.